The standard InChI is InChI=1S/C17H27N3O4S/c1-4-14(2)18-25(22,23)16-7-5-15(6-8-16)24-13-17(21)20-11-9-19(3)10-12-20/h5-8,14,18H,4,9-13H2,1-3H3/t14-/m0/s1. The second-order valence-corrected chi connectivity index (χ2v) is 8.09. The molecule has 0 radical (unpaired) electrons. The molecule has 1 saturated heterocycles. The van der Waals surface area contributed by atoms with Crippen LogP contribution in [-0.2, 0) is 14.8 Å². The van der Waals surface area contributed by atoms with Crippen LogP contribution >= 0.6 is 0 Å². The molecule has 1 aliphatic heterocycles. The average molecular weight is 369 g/mol. The molecule has 0 unspecified atom stereocenters. The van der Waals surface area contributed by atoms with E-state index in [0.29, 0.717) is 18.8 Å². The number of likely N-dealkylation sites (N-methyl/N-ethyl adjacent to an activating group) is 1. The van der Waals surface area contributed by atoms with Gasteiger partial charge in [-0.15, -0.1) is 0 Å². The molecule has 0 spiro atoms. The second kappa shape index (κ2) is 8.64. The number of amides is 1. The molecule has 0 aliphatic carbocycles. The largest absolute Gasteiger partial charge is 0.484 e. The molecule has 1 amide bonds. The molecule has 1 fully saturated rings. The van der Waals surface area contributed by atoms with Crippen molar-refractivity contribution in [2.45, 2.75) is 31.2 Å². The van der Waals surface area contributed by atoms with Gasteiger partial charge in [0, 0.05) is 32.2 Å². The third-order valence-electron chi connectivity index (χ3n) is 4.32. The van der Waals surface area contributed by atoms with Crippen LogP contribution in [0.2, 0.25) is 0 Å². The third-order valence-corrected chi connectivity index (χ3v) is 5.93. The number of nitrogens with zero attached hydrogens (tertiary/aromatic N) is 2. The van der Waals surface area contributed by atoms with Crippen molar-refractivity contribution in [2.24, 2.45) is 0 Å². The van der Waals surface area contributed by atoms with Crippen molar-refractivity contribution in [3.05, 3.63) is 24.3 Å². The number of benzene rings is 1. The molecule has 1 N–H and O–H groups in total. The van der Waals surface area contributed by atoms with Gasteiger partial charge in [-0.25, -0.2) is 13.1 Å². The summed E-state index contributed by atoms with van der Waals surface area (Å²) in [5.41, 5.74) is 0. The lowest BCUT2D eigenvalue weighted by molar-refractivity contribution is -0.134. The Bertz CT molecular complexity index is 668. The zero-order chi connectivity index (χ0) is 18.4. The molecule has 2 rings (SSSR count). The normalized spacial score (nSPS) is 17.3. The molecular weight excluding hydrogens is 342 g/mol. The van der Waals surface area contributed by atoms with Crippen LogP contribution in [0, 0.1) is 0 Å². The molecule has 1 heterocycles. The maximum atomic E-state index is 12.2. The number of hydrogen-bond donors (Lipinski definition) is 1. The first-order chi connectivity index (χ1) is 11.8. The molecule has 0 saturated carbocycles. The molecule has 8 heteroatoms. The fraction of sp³-hybridized carbons (Fsp3) is 0.588. The predicted octanol–water partition coefficient (Wildman–Crippen LogP) is 0.916. The second-order valence-electron chi connectivity index (χ2n) is 6.37. The number of piperazine rings is 1. The summed E-state index contributed by atoms with van der Waals surface area (Å²) in [6.07, 6.45) is 0.717. The van der Waals surface area contributed by atoms with Crippen LogP contribution in [0.4, 0.5) is 0 Å². The highest BCUT2D eigenvalue weighted by molar-refractivity contribution is 7.89. The predicted molar refractivity (Wildman–Crippen MR) is 96.1 cm³/mol. The Labute approximate surface area is 150 Å². The lowest BCUT2D eigenvalue weighted by Gasteiger charge is -2.32. The quantitative estimate of drug-likeness (QED) is 0.773. The maximum Gasteiger partial charge on any atom is 0.260 e. The van der Waals surface area contributed by atoms with Gasteiger partial charge in [-0.2, -0.15) is 0 Å². The number of rotatable bonds is 7. The Hall–Kier alpha value is -1.64. The summed E-state index contributed by atoms with van der Waals surface area (Å²) in [6.45, 7) is 6.83. The van der Waals surface area contributed by atoms with E-state index < -0.39 is 10.0 Å². The number of carbonyl (C=O) groups excluding carboxylic acids is 1. The highest BCUT2D eigenvalue weighted by Gasteiger charge is 2.20. The van der Waals surface area contributed by atoms with E-state index in [0.717, 1.165) is 19.5 Å². The van der Waals surface area contributed by atoms with Gasteiger partial charge in [0.2, 0.25) is 10.0 Å². The molecule has 0 aromatic heterocycles. The third kappa shape index (κ3) is 5.69. The fourth-order valence-electron chi connectivity index (χ4n) is 2.42. The van der Waals surface area contributed by atoms with Gasteiger partial charge in [0.15, 0.2) is 6.61 Å². The summed E-state index contributed by atoms with van der Waals surface area (Å²) < 4.78 is 32.5. The summed E-state index contributed by atoms with van der Waals surface area (Å²) in [7, 11) is -1.50. The Morgan fingerprint density at radius 2 is 1.80 bits per heavy atom. The van der Waals surface area contributed by atoms with Gasteiger partial charge in [0.05, 0.1) is 4.90 Å². The zero-order valence-electron chi connectivity index (χ0n) is 15.1. The monoisotopic (exact) mass is 369 g/mol. The fourth-order valence-corrected chi connectivity index (χ4v) is 3.75. The molecule has 25 heavy (non-hydrogen) atoms. The van der Waals surface area contributed by atoms with Gasteiger partial charge in [0.1, 0.15) is 5.75 Å². The number of carbonyl (C=O) groups is 1. The van der Waals surface area contributed by atoms with Gasteiger partial charge in [-0.3, -0.25) is 4.79 Å². The Morgan fingerprint density at radius 3 is 2.36 bits per heavy atom. The van der Waals surface area contributed by atoms with Crippen LogP contribution in [0.5, 0.6) is 5.75 Å². The number of nitrogens with one attached hydrogen (secondary N) is 1. The van der Waals surface area contributed by atoms with E-state index in [1.54, 1.807) is 17.0 Å². The molecule has 7 nitrogen and oxygen atoms in total. The Kier molecular flexibility index (Phi) is 6.80. The van der Waals surface area contributed by atoms with Crippen molar-refractivity contribution in [2.75, 3.05) is 39.8 Å². The molecule has 1 aliphatic rings. The number of hydrogen-bond acceptors (Lipinski definition) is 5. The van der Waals surface area contributed by atoms with E-state index >= 15 is 0 Å². The van der Waals surface area contributed by atoms with Gasteiger partial charge < -0.3 is 14.5 Å². The SMILES string of the molecule is CC[C@H](C)NS(=O)(=O)c1ccc(OCC(=O)N2CCN(C)CC2)cc1. The Morgan fingerprint density at radius 1 is 1.20 bits per heavy atom. The Balaban J connectivity index is 1.89. The summed E-state index contributed by atoms with van der Waals surface area (Å²) in [4.78, 5) is 16.3. The first-order valence-electron chi connectivity index (χ1n) is 8.53. The van der Waals surface area contributed by atoms with Crippen LogP contribution < -0.4 is 9.46 Å². The lowest BCUT2D eigenvalue weighted by Crippen LogP contribution is -2.48. The first kappa shape index (κ1) is 19.7. The van der Waals surface area contributed by atoms with E-state index in [-0.39, 0.29) is 23.5 Å². The topological polar surface area (TPSA) is 78.9 Å². The molecule has 1 atom stereocenters. The van der Waals surface area contributed by atoms with Crippen molar-refractivity contribution in [1.82, 2.24) is 14.5 Å². The van der Waals surface area contributed by atoms with Crippen LogP contribution in [0.15, 0.2) is 29.2 Å². The number of sulfonamides is 1. The van der Waals surface area contributed by atoms with E-state index in [1.165, 1.54) is 12.1 Å². The van der Waals surface area contributed by atoms with E-state index in [9.17, 15) is 13.2 Å². The van der Waals surface area contributed by atoms with Crippen molar-refractivity contribution >= 4 is 15.9 Å². The van der Waals surface area contributed by atoms with Crippen LogP contribution in [-0.4, -0.2) is 70.0 Å². The molecule has 1 aromatic rings. The van der Waals surface area contributed by atoms with Crippen LogP contribution in [0.25, 0.3) is 0 Å². The molecule has 1 aromatic carbocycles. The molecule has 140 valence electrons. The molecular formula is C17H27N3O4S. The minimum atomic E-state index is -3.53. The van der Waals surface area contributed by atoms with Crippen LogP contribution in [0.1, 0.15) is 20.3 Å². The van der Waals surface area contributed by atoms with E-state index in [2.05, 4.69) is 9.62 Å². The van der Waals surface area contributed by atoms with Crippen LogP contribution in [0.3, 0.4) is 0 Å². The van der Waals surface area contributed by atoms with Crippen molar-refractivity contribution in [1.29, 1.82) is 0 Å². The minimum absolute atomic E-state index is 0.0407. The van der Waals surface area contributed by atoms with Crippen molar-refractivity contribution in [3.63, 3.8) is 0 Å². The minimum Gasteiger partial charge on any atom is -0.484 e. The van der Waals surface area contributed by atoms with Gasteiger partial charge >= 0.3 is 0 Å². The van der Waals surface area contributed by atoms with Crippen molar-refractivity contribution in [3.8, 4) is 5.75 Å². The molecule has 0 bridgehead atoms. The smallest absolute Gasteiger partial charge is 0.260 e. The summed E-state index contributed by atoms with van der Waals surface area (Å²) in [5, 5.41) is 0. The lowest BCUT2D eigenvalue weighted by atomic mass is 10.3. The van der Waals surface area contributed by atoms with Gasteiger partial charge in [0.25, 0.3) is 5.91 Å². The van der Waals surface area contributed by atoms with Gasteiger partial charge in [-0.1, -0.05) is 6.92 Å². The average Bonchev–Trinajstić information content (AvgIpc) is 2.60. The summed E-state index contributed by atoms with van der Waals surface area (Å²) >= 11 is 0. The van der Waals surface area contributed by atoms with Crippen molar-refractivity contribution < 1.29 is 17.9 Å². The summed E-state index contributed by atoms with van der Waals surface area (Å²) in [5.74, 6) is 0.424. The number of ether oxygens (including phenoxy) is 1. The highest BCUT2D eigenvalue weighted by Crippen LogP contribution is 2.16. The van der Waals surface area contributed by atoms with E-state index in [4.69, 9.17) is 4.74 Å². The first-order valence-corrected chi connectivity index (χ1v) is 10.0. The highest BCUT2D eigenvalue weighted by atomic mass is 32.2. The van der Waals surface area contributed by atoms with Gasteiger partial charge in [-0.05, 0) is 44.7 Å². The van der Waals surface area contributed by atoms with E-state index in [1.807, 2.05) is 20.9 Å². The summed E-state index contributed by atoms with van der Waals surface area (Å²) in [6, 6.07) is 5.99. The zero-order valence-corrected chi connectivity index (χ0v) is 15.9. The maximum absolute atomic E-state index is 12.2.